The van der Waals surface area contributed by atoms with Crippen molar-refractivity contribution in [3.8, 4) is 0 Å². The first-order valence-electron chi connectivity index (χ1n) is 10.6. The molecule has 34 heavy (non-hydrogen) atoms. The van der Waals surface area contributed by atoms with Crippen LogP contribution in [0.5, 0.6) is 0 Å². The van der Waals surface area contributed by atoms with Gasteiger partial charge in [0, 0.05) is 12.1 Å². The molecule has 1 fully saturated rings. The Balaban J connectivity index is 1.73. The lowest BCUT2D eigenvalue weighted by atomic mass is 9.86. The standard InChI is InChI=1S/C25H23F2NO5S/c1-18(33-34(30,31)21-10-6-3-7-11-21)25(20-12-13-22(26)23(27)16-20)17-28(14-15-32-25)24(29)19-8-4-2-5-9-19/h2-13,16,18H,14-15,17H2,1H3. The van der Waals surface area contributed by atoms with E-state index in [0.717, 1.165) is 12.1 Å². The molecular formula is C25H23F2NO5S. The van der Waals surface area contributed by atoms with E-state index in [1.54, 1.807) is 48.5 Å². The van der Waals surface area contributed by atoms with Crippen LogP contribution >= 0.6 is 0 Å². The Morgan fingerprint density at radius 3 is 2.29 bits per heavy atom. The molecule has 0 N–H and O–H groups in total. The SMILES string of the molecule is CC(OS(=O)(=O)c1ccccc1)C1(c2ccc(F)c(F)c2)CN(C(=O)c2ccccc2)CCO1. The van der Waals surface area contributed by atoms with Gasteiger partial charge in [0.25, 0.3) is 16.0 Å². The molecular weight excluding hydrogens is 464 g/mol. The topological polar surface area (TPSA) is 72.9 Å². The van der Waals surface area contributed by atoms with E-state index in [0.29, 0.717) is 5.56 Å². The Hall–Kier alpha value is -3.14. The summed E-state index contributed by atoms with van der Waals surface area (Å²) in [6.07, 6.45) is -1.19. The van der Waals surface area contributed by atoms with Gasteiger partial charge in [0.05, 0.1) is 18.0 Å². The normalized spacial score (nSPS) is 19.6. The molecule has 1 heterocycles. The van der Waals surface area contributed by atoms with Gasteiger partial charge in [-0.25, -0.2) is 8.78 Å². The van der Waals surface area contributed by atoms with Crippen molar-refractivity contribution in [2.24, 2.45) is 0 Å². The first kappa shape index (κ1) is 24.0. The lowest BCUT2D eigenvalue weighted by molar-refractivity contribution is -0.152. The van der Waals surface area contributed by atoms with Crippen LogP contribution in [0, 0.1) is 11.6 Å². The highest BCUT2D eigenvalue weighted by Crippen LogP contribution is 2.37. The second-order valence-corrected chi connectivity index (χ2v) is 9.54. The van der Waals surface area contributed by atoms with Gasteiger partial charge >= 0.3 is 0 Å². The van der Waals surface area contributed by atoms with E-state index in [9.17, 15) is 22.0 Å². The molecule has 4 rings (SSSR count). The number of amides is 1. The molecule has 3 aromatic carbocycles. The van der Waals surface area contributed by atoms with E-state index in [1.807, 2.05) is 0 Å². The molecule has 0 aromatic heterocycles. The number of hydrogen-bond donors (Lipinski definition) is 0. The molecule has 1 saturated heterocycles. The zero-order chi connectivity index (χ0) is 24.3. The molecule has 0 bridgehead atoms. The van der Waals surface area contributed by atoms with Gasteiger partial charge in [-0.15, -0.1) is 0 Å². The van der Waals surface area contributed by atoms with Crippen molar-refractivity contribution in [2.45, 2.75) is 23.5 Å². The molecule has 0 aliphatic carbocycles. The van der Waals surface area contributed by atoms with E-state index < -0.39 is 33.5 Å². The minimum absolute atomic E-state index is 0.0383. The summed E-state index contributed by atoms with van der Waals surface area (Å²) < 4.78 is 65.3. The molecule has 0 saturated carbocycles. The zero-order valence-electron chi connectivity index (χ0n) is 18.4. The lowest BCUT2D eigenvalue weighted by Gasteiger charge is -2.45. The maximum atomic E-state index is 14.2. The number of nitrogens with zero attached hydrogens (tertiary/aromatic N) is 1. The molecule has 0 radical (unpaired) electrons. The van der Waals surface area contributed by atoms with E-state index in [1.165, 1.54) is 30.0 Å². The van der Waals surface area contributed by atoms with Gasteiger partial charge in [-0.05, 0) is 48.9 Å². The summed E-state index contributed by atoms with van der Waals surface area (Å²) in [7, 11) is -4.21. The third-order valence-corrected chi connectivity index (χ3v) is 7.21. The van der Waals surface area contributed by atoms with Crippen LogP contribution < -0.4 is 0 Å². The summed E-state index contributed by atoms with van der Waals surface area (Å²) in [5.74, 6) is -2.48. The lowest BCUT2D eigenvalue weighted by Crippen LogP contribution is -2.57. The van der Waals surface area contributed by atoms with Gasteiger partial charge in [0.15, 0.2) is 11.6 Å². The van der Waals surface area contributed by atoms with Crippen LogP contribution in [0.25, 0.3) is 0 Å². The Morgan fingerprint density at radius 1 is 1.00 bits per heavy atom. The summed E-state index contributed by atoms with van der Waals surface area (Å²) in [5.41, 5.74) is -0.971. The second-order valence-electron chi connectivity index (χ2n) is 7.97. The van der Waals surface area contributed by atoms with Crippen LogP contribution in [0.1, 0.15) is 22.8 Å². The first-order valence-corrected chi connectivity index (χ1v) is 12.1. The first-order chi connectivity index (χ1) is 16.2. The van der Waals surface area contributed by atoms with Crippen LogP contribution in [0.15, 0.2) is 83.8 Å². The fourth-order valence-corrected chi connectivity index (χ4v) is 5.14. The molecule has 9 heteroatoms. The van der Waals surface area contributed by atoms with Crippen molar-refractivity contribution >= 4 is 16.0 Å². The van der Waals surface area contributed by atoms with E-state index in [2.05, 4.69) is 0 Å². The predicted molar refractivity (Wildman–Crippen MR) is 121 cm³/mol. The average molecular weight is 488 g/mol. The number of halogens is 2. The molecule has 0 spiro atoms. The number of morpholine rings is 1. The Bertz CT molecular complexity index is 1270. The predicted octanol–water partition coefficient (Wildman–Crippen LogP) is 4.13. The molecule has 2 atom stereocenters. The van der Waals surface area contributed by atoms with E-state index in [4.69, 9.17) is 8.92 Å². The van der Waals surface area contributed by atoms with Crippen molar-refractivity contribution in [1.82, 2.24) is 4.90 Å². The number of carbonyl (C=O) groups is 1. The van der Waals surface area contributed by atoms with Crippen LogP contribution in [0.2, 0.25) is 0 Å². The van der Waals surface area contributed by atoms with Crippen molar-refractivity contribution < 1.29 is 30.9 Å². The maximum absolute atomic E-state index is 14.2. The monoisotopic (exact) mass is 487 g/mol. The van der Waals surface area contributed by atoms with Crippen molar-refractivity contribution in [3.63, 3.8) is 0 Å². The van der Waals surface area contributed by atoms with Crippen LogP contribution in [-0.2, 0) is 24.6 Å². The second kappa shape index (κ2) is 9.61. The third-order valence-electron chi connectivity index (χ3n) is 5.82. The number of hydrogen-bond acceptors (Lipinski definition) is 5. The molecule has 1 aliphatic heterocycles. The largest absolute Gasteiger partial charge is 0.364 e. The van der Waals surface area contributed by atoms with Crippen molar-refractivity contribution in [1.29, 1.82) is 0 Å². The highest BCUT2D eigenvalue weighted by Gasteiger charge is 2.47. The zero-order valence-corrected chi connectivity index (χ0v) is 19.2. The van der Waals surface area contributed by atoms with Crippen LogP contribution in [0.3, 0.4) is 0 Å². The van der Waals surface area contributed by atoms with Gasteiger partial charge in [-0.2, -0.15) is 8.42 Å². The summed E-state index contributed by atoms with van der Waals surface area (Å²) in [4.78, 5) is 14.6. The van der Waals surface area contributed by atoms with E-state index in [-0.39, 0.29) is 36.1 Å². The van der Waals surface area contributed by atoms with Gasteiger partial charge in [-0.1, -0.05) is 42.5 Å². The Morgan fingerprint density at radius 2 is 1.65 bits per heavy atom. The smallest absolute Gasteiger partial charge is 0.297 e. The highest BCUT2D eigenvalue weighted by molar-refractivity contribution is 7.86. The Kier molecular flexibility index (Phi) is 6.79. The van der Waals surface area contributed by atoms with Crippen molar-refractivity contribution in [2.75, 3.05) is 19.7 Å². The molecule has 2 unspecified atom stereocenters. The van der Waals surface area contributed by atoms with Gasteiger partial charge < -0.3 is 9.64 Å². The van der Waals surface area contributed by atoms with E-state index >= 15 is 0 Å². The molecule has 1 aliphatic rings. The van der Waals surface area contributed by atoms with Crippen LogP contribution in [-0.4, -0.2) is 45.0 Å². The summed E-state index contributed by atoms with van der Waals surface area (Å²) in [5, 5.41) is 0. The Labute approximate surface area is 196 Å². The van der Waals surface area contributed by atoms with Gasteiger partial charge in [-0.3, -0.25) is 8.98 Å². The number of carbonyl (C=O) groups excluding carboxylic acids is 1. The molecule has 178 valence electrons. The fourth-order valence-electron chi connectivity index (χ4n) is 4.01. The molecule has 6 nitrogen and oxygen atoms in total. The quantitative estimate of drug-likeness (QED) is 0.489. The van der Waals surface area contributed by atoms with Gasteiger partial charge in [0.2, 0.25) is 0 Å². The number of benzene rings is 3. The molecule has 1 amide bonds. The molecule has 3 aromatic rings. The maximum Gasteiger partial charge on any atom is 0.297 e. The van der Waals surface area contributed by atoms with Crippen molar-refractivity contribution in [3.05, 3.63) is 102 Å². The van der Waals surface area contributed by atoms with Gasteiger partial charge in [0.1, 0.15) is 11.7 Å². The summed E-state index contributed by atoms with van der Waals surface area (Å²) in [6, 6.07) is 19.3. The fraction of sp³-hybridized carbons (Fsp3) is 0.240. The average Bonchev–Trinajstić information content (AvgIpc) is 2.86. The number of ether oxygens (including phenoxy) is 1. The summed E-state index contributed by atoms with van der Waals surface area (Å²) in [6.45, 7) is 1.61. The third kappa shape index (κ3) is 4.72. The minimum atomic E-state index is -4.21. The minimum Gasteiger partial charge on any atom is -0.364 e. The van der Waals surface area contributed by atoms with Crippen LogP contribution in [0.4, 0.5) is 8.78 Å². The summed E-state index contributed by atoms with van der Waals surface area (Å²) >= 11 is 0. The number of rotatable bonds is 6. The highest BCUT2D eigenvalue weighted by atomic mass is 32.2.